The van der Waals surface area contributed by atoms with Gasteiger partial charge in [-0.05, 0) is 77.1 Å². The average molecular weight is 450 g/mol. The van der Waals surface area contributed by atoms with Crippen LogP contribution >= 0.6 is 23.2 Å². The van der Waals surface area contributed by atoms with Crippen molar-refractivity contribution in [3.63, 3.8) is 0 Å². The van der Waals surface area contributed by atoms with Crippen LogP contribution in [0.3, 0.4) is 0 Å². The fourth-order valence-corrected chi connectivity index (χ4v) is 4.05. The van der Waals surface area contributed by atoms with Crippen LogP contribution < -0.4 is 4.74 Å². The van der Waals surface area contributed by atoms with E-state index < -0.39 is 0 Å². The second kappa shape index (κ2) is 8.90. The molecule has 158 valence electrons. The third-order valence-corrected chi connectivity index (χ3v) is 5.92. The van der Waals surface area contributed by atoms with Gasteiger partial charge in [-0.1, -0.05) is 68.2 Å². The molecule has 31 heavy (non-hydrogen) atoms. The van der Waals surface area contributed by atoms with Crippen molar-refractivity contribution in [3.05, 3.63) is 99.0 Å². The second-order valence-electron chi connectivity index (χ2n) is 8.71. The molecule has 4 rings (SSSR count). The van der Waals surface area contributed by atoms with Gasteiger partial charge in [0.1, 0.15) is 11.5 Å². The van der Waals surface area contributed by atoms with Gasteiger partial charge >= 0.3 is 0 Å². The first-order valence-corrected chi connectivity index (χ1v) is 11.1. The van der Waals surface area contributed by atoms with Crippen molar-refractivity contribution in [2.24, 2.45) is 4.99 Å². The molecule has 0 aromatic heterocycles. The number of rotatable bonds is 4. The van der Waals surface area contributed by atoms with E-state index in [9.17, 15) is 0 Å². The first-order valence-electron chi connectivity index (χ1n) is 10.4. The van der Waals surface area contributed by atoms with Gasteiger partial charge in [0.15, 0.2) is 0 Å². The fourth-order valence-electron chi connectivity index (χ4n) is 3.58. The van der Waals surface area contributed by atoms with Crippen molar-refractivity contribution < 1.29 is 4.74 Å². The molecule has 0 N–H and O–H groups in total. The quantitative estimate of drug-likeness (QED) is 0.393. The van der Waals surface area contributed by atoms with E-state index in [0.717, 1.165) is 41.3 Å². The number of fused-ring (bicyclic) bond motifs is 1. The highest BCUT2D eigenvalue weighted by atomic mass is 35.5. The minimum atomic E-state index is 0.129. The van der Waals surface area contributed by atoms with Crippen LogP contribution in [-0.2, 0) is 11.8 Å². The molecular weight excluding hydrogens is 425 g/mol. The molecule has 0 saturated carbocycles. The SMILES string of the molecule is CC(C)(C)c1ccc(Oc2ccc3c(c2)CCN=C3/C=C/c2ccc(Cl)cc2Cl)cc1. The monoisotopic (exact) mass is 449 g/mol. The lowest BCUT2D eigenvalue weighted by Gasteiger charge is -2.19. The largest absolute Gasteiger partial charge is 0.457 e. The Balaban J connectivity index is 1.52. The standard InChI is InChI=1S/C27H25Cl2NO/c1-27(2,3)20-6-9-22(10-7-20)31-23-11-12-24-19(16-23)14-15-30-26(24)13-5-18-4-8-21(28)17-25(18)29/h4-13,16-17H,14-15H2,1-3H3/b13-5+. The maximum absolute atomic E-state index is 6.29. The highest BCUT2D eigenvalue weighted by Crippen LogP contribution is 2.30. The molecular formula is C27H25Cl2NO. The number of halogens is 2. The molecule has 1 aliphatic rings. The van der Waals surface area contributed by atoms with Crippen LogP contribution in [0.5, 0.6) is 11.5 Å². The zero-order valence-corrected chi connectivity index (χ0v) is 19.5. The van der Waals surface area contributed by atoms with Gasteiger partial charge in [-0.3, -0.25) is 4.99 Å². The third kappa shape index (κ3) is 5.20. The molecule has 0 radical (unpaired) electrons. The number of benzene rings is 3. The summed E-state index contributed by atoms with van der Waals surface area (Å²) in [6, 6.07) is 20.0. The van der Waals surface area contributed by atoms with Crippen molar-refractivity contribution >= 4 is 35.0 Å². The Labute approximate surface area is 194 Å². The van der Waals surface area contributed by atoms with E-state index in [1.807, 2.05) is 42.5 Å². The van der Waals surface area contributed by atoms with E-state index >= 15 is 0 Å². The van der Waals surface area contributed by atoms with Crippen molar-refractivity contribution in [1.29, 1.82) is 0 Å². The van der Waals surface area contributed by atoms with Crippen LogP contribution in [0.1, 0.15) is 43.0 Å². The number of allylic oxidation sites excluding steroid dienone is 1. The molecule has 1 aliphatic heterocycles. The lowest BCUT2D eigenvalue weighted by molar-refractivity contribution is 0.480. The minimum Gasteiger partial charge on any atom is -0.457 e. The summed E-state index contributed by atoms with van der Waals surface area (Å²) in [6.07, 6.45) is 4.89. The number of hydrogen-bond acceptors (Lipinski definition) is 2. The summed E-state index contributed by atoms with van der Waals surface area (Å²) in [7, 11) is 0. The van der Waals surface area contributed by atoms with Gasteiger partial charge in [-0.25, -0.2) is 0 Å². The molecule has 0 amide bonds. The topological polar surface area (TPSA) is 21.6 Å². The van der Waals surface area contributed by atoms with Gasteiger partial charge in [-0.15, -0.1) is 0 Å². The Kier molecular flexibility index (Phi) is 6.22. The summed E-state index contributed by atoms with van der Waals surface area (Å²) in [6.45, 7) is 7.38. The first kappa shape index (κ1) is 21.7. The van der Waals surface area contributed by atoms with Crippen molar-refractivity contribution in [1.82, 2.24) is 0 Å². The Morgan fingerprint density at radius 2 is 1.61 bits per heavy atom. The Morgan fingerprint density at radius 1 is 0.871 bits per heavy atom. The Hall–Kier alpha value is -2.55. The van der Waals surface area contributed by atoms with E-state index in [1.165, 1.54) is 11.1 Å². The van der Waals surface area contributed by atoms with Crippen molar-refractivity contribution in [2.45, 2.75) is 32.6 Å². The van der Waals surface area contributed by atoms with Crippen LogP contribution in [0.2, 0.25) is 10.0 Å². The molecule has 0 fully saturated rings. The molecule has 3 aromatic carbocycles. The van der Waals surface area contributed by atoms with Gasteiger partial charge in [0.25, 0.3) is 0 Å². The molecule has 0 atom stereocenters. The van der Waals surface area contributed by atoms with Gasteiger partial charge in [-0.2, -0.15) is 0 Å². The number of nitrogens with zero attached hydrogens (tertiary/aromatic N) is 1. The van der Waals surface area contributed by atoms with Crippen molar-refractivity contribution in [3.8, 4) is 11.5 Å². The van der Waals surface area contributed by atoms with Crippen LogP contribution in [0.15, 0.2) is 71.7 Å². The summed E-state index contributed by atoms with van der Waals surface area (Å²) in [5, 5.41) is 1.25. The third-order valence-electron chi connectivity index (χ3n) is 5.36. The van der Waals surface area contributed by atoms with Crippen LogP contribution in [0.4, 0.5) is 0 Å². The molecule has 0 aliphatic carbocycles. The zero-order chi connectivity index (χ0) is 22.0. The normalized spacial score (nSPS) is 13.8. The van der Waals surface area contributed by atoms with Gasteiger partial charge in [0, 0.05) is 22.2 Å². The maximum Gasteiger partial charge on any atom is 0.127 e. The number of aliphatic imine (C=N–C) groups is 1. The van der Waals surface area contributed by atoms with E-state index in [1.54, 1.807) is 6.07 Å². The van der Waals surface area contributed by atoms with E-state index in [4.69, 9.17) is 32.9 Å². The van der Waals surface area contributed by atoms with Crippen LogP contribution in [-0.4, -0.2) is 12.3 Å². The first-order chi connectivity index (χ1) is 14.8. The highest BCUT2D eigenvalue weighted by Gasteiger charge is 2.15. The van der Waals surface area contributed by atoms with Gasteiger partial charge in [0.2, 0.25) is 0 Å². The lowest BCUT2D eigenvalue weighted by Crippen LogP contribution is -2.11. The van der Waals surface area contributed by atoms with Gasteiger partial charge in [0.05, 0.1) is 5.71 Å². The van der Waals surface area contributed by atoms with E-state index in [-0.39, 0.29) is 5.41 Å². The number of ether oxygens (including phenoxy) is 1. The van der Waals surface area contributed by atoms with Gasteiger partial charge < -0.3 is 4.74 Å². The highest BCUT2D eigenvalue weighted by molar-refractivity contribution is 6.35. The molecule has 0 spiro atoms. The summed E-state index contributed by atoms with van der Waals surface area (Å²) in [5.41, 5.74) is 5.65. The summed E-state index contributed by atoms with van der Waals surface area (Å²) in [4.78, 5) is 4.70. The smallest absolute Gasteiger partial charge is 0.127 e. The predicted molar refractivity (Wildman–Crippen MR) is 132 cm³/mol. The Bertz CT molecular complexity index is 1150. The predicted octanol–water partition coefficient (Wildman–Crippen LogP) is 8.14. The second-order valence-corrected chi connectivity index (χ2v) is 9.56. The fraction of sp³-hybridized carbons (Fsp3) is 0.222. The molecule has 0 bridgehead atoms. The van der Waals surface area contributed by atoms with E-state index in [2.05, 4.69) is 45.0 Å². The number of hydrogen-bond donors (Lipinski definition) is 0. The summed E-state index contributed by atoms with van der Waals surface area (Å²) < 4.78 is 6.12. The molecule has 1 heterocycles. The maximum atomic E-state index is 6.29. The zero-order valence-electron chi connectivity index (χ0n) is 18.0. The summed E-state index contributed by atoms with van der Waals surface area (Å²) in [5.74, 6) is 1.68. The molecule has 0 saturated heterocycles. The van der Waals surface area contributed by atoms with E-state index in [0.29, 0.717) is 10.0 Å². The minimum absolute atomic E-state index is 0.129. The van der Waals surface area contributed by atoms with Crippen LogP contribution in [0, 0.1) is 0 Å². The molecule has 4 heteroatoms. The Morgan fingerprint density at radius 3 is 2.32 bits per heavy atom. The molecule has 0 unspecified atom stereocenters. The average Bonchev–Trinajstić information content (AvgIpc) is 2.73. The molecule has 2 nitrogen and oxygen atoms in total. The van der Waals surface area contributed by atoms with Crippen LogP contribution in [0.25, 0.3) is 6.08 Å². The molecule has 3 aromatic rings. The lowest BCUT2D eigenvalue weighted by atomic mass is 9.87. The van der Waals surface area contributed by atoms with Crippen molar-refractivity contribution in [2.75, 3.05) is 6.54 Å². The summed E-state index contributed by atoms with van der Waals surface area (Å²) >= 11 is 12.3.